The van der Waals surface area contributed by atoms with Crippen molar-refractivity contribution in [3.05, 3.63) is 53.8 Å². The van der Waals surface area contributed by atoms with E-state index in [0.717, 1.165) is 10.9 Å². The highest BCUT2D eigenvalue weighted by atomic mass is 28.3. The van der Waals surface area contributed by atoms with Gasteiger partial charge in [-0.25, -0.2) is 0 Å². The maximum Gasteiger partial charge on any atom is 0.123 e. The van der Waals surface area contributed by atoms with E-state index in [4.69, 9.17) is 4.42 Å². The van der Waals surface area contributed by atoms with E-state index in [2.05, 4.69) is 50.0 Å². The van der Waals surface area contributed by atoms with Crippen molar-refractivity contribution >= 4 is 25.6 Å². The number of hydrogen-bond donors (Lipinski definition) is 0. The second-order valence-electron chi connectivity index (χ2n) is 5.24. The molecule has 0 aliphatic rings. The van der Waals surface area contributed by atoms with E-state index in [1.807, 2.05) is 24.5 Å². The lowest BCUT2D eigenvalue weighted by Crippen LogP contribution is -2.36. The van der Waals surface area contributed by atoms with Gasteiger partial charge in [-0.05, 0) is 11.6 Å². The van der Waals surface area contributed by atoms with Gasteiger partial charge in [0.15, 0.2) is 0 Å². The number of rotatable bonds is 3. The van der Waals surface area contributed by atoms with Crippen LogP contribution in [-0.2, 0) is 0 Å². The Morgan fingerprint density at radius 1 is 0.941 bits per heavy atom. The van der Waals surface area contributed by atoms with E-state index in [1.165, 1.54) is 5.56 Å². The van der Waals surface area contributed by atoms with Crippen LogP contribution in [0.4, 0.5) is 0 Å². The van der Waals surface area contributed by atoms with Gasteiger partial charge < -0.3 is 4.42 Å². The number of hydrogen-bond acceptors (Lipinski definition) is 1. The van der Waals surface area contributed by atoms with E-state index < -0.39 is 8.07 Å². The molecule has 0 spiro atoms. The first-order chi connectivity index (χ1) is 8.05. The Bertz CT molecular complexity index is 503. The lowest BCUT2D eigenvalue weighted by atomic mass is 10.2. The van der Waals surface area contributed by atoms with Gasteiger partial charge in [0.25, 0.3) is 0 Å². The summed E-state index contributed by atoms with van der Waals surface area (Å²) in [7, 11) is -1.32. The molecule has 2 rings (SSSR count). The first-order valence-electron chi connectivity index (χ1n) is 5.88. The molecule has 0 aliphatic heterocycles. The van der Waals surface area contributed by atoms with Crippen molar-refractivity contribution in [1.82, 2.24) is 0 Å². The summed E-state index contributed by atoms with van der Waals surface area (Å²) >= 11 is 0. The highest BCUT2D eigenvalue weighted by Crippen LogP contribution is 2.10. The zero-order valence-electron chi connectivity index (χ0n) is 10.6. The molecule has 0 bridgehead atoms. The molecule has 2 aromatic rings. The van der Waals surface area contributed by atoms with E-state index in [-0.39, 0.29) is 0 Å². The lowest BCUT2D eigenvalue weighted by molar-refractivity contribution is 0.597. The van der Waals surface area contributed by atoms with Crippen LogP contribution in [0.15, 0.2) is 47.1 Å². The summed E-state index contributed by atoms with van der Waals surface area (Å²) in [5.41, 5.74) is 2.36. The van der Waals surface area contributed by atoms with Crippen molar-refractivity contribution in [2.24, 2.45) is 0 Å². The summed E-state index contributed by atoms with van der Waals surface area (Å²) < 4.78 is 5.63. The van der Waals surface area contributed by atoms with Crippen molar-refractivity contribution in [3.63, 3.8) is 0 Å². The van der Waals surface area contributed by atoms with E-state index in [9.17, 15) is 0 Å². The predicted octanol–water partition coefficient (Wildman–Crippen LogP) is 4.00. The largest absolute Gasteiger partial charge is 0.474 e. The maximum absolute atomic E-state index is 5.63. The van der Waals surface area contributed by atoms with Crippen LogP contribution < -0.4 is 5.38 Å². The molecular weight excluding hydrogens is 224 g/mol. The Morgan fingerprint density at radius 2 is 1.59 bits per heavy atom. The standard InChI is InChI=1S/C15H18OSi/c1-17(2,3)15-11-14(12-16-15)10-9-13-7-5-4-6-8-13/h4-12H,1-3H3/b10-9-. The van der Waals surface area contributed by atoms with Crippen molar-refractivity contribution in [2.75, 3.05) is 0 Å². The van der Waals surface area contributed by atoms with Gasteiger partial charge in [-0.15, -0.1) is 0 Å². The first kappa shape index (κ1) is 11.9. The molecule has 17 heavy (non-hydrogen) atoms. The third kappa shape index (κ3) is 3.20. The average molecular weight is 242 g/mol. The molecule has 1 heterocycles. The van der Waals surface area contributed by atoms with Crippen LogP contribution in [0.1, 0.15) is 11.1 Å². The Kier molecular flexibility index (Phi) is 3.34. The maximum atomic E-state index is 5.63. The lowest BCUT2D eigenvalue weighted by Gasteiger charge is -2.10. The van der Waals surface area contributed by atoms with E-state index in [1.54, 1.807) is 0 Å². The molecule has 0 atom stereocenters. The van der Waals surface area contributed by atoms with Gasteiger partial charge in [-0.1, -0.05) is 62.1 Å². The molecule has 0 amide bonds. The van der Waals surface area contributed by atoms with Crippen LogP contribution in [0.2, 0.25) is 19.6 Å². The zero-order valence-corrected chi connectivity index (χ0v) is 11.6. The van der Waals surface area contributed by atoms with E-state index >= 15 is 0 Å². The molecule has 0 saturated heterocycles. The molecule has 1 nitrogen and oxygen atoms in total. The van der Waals surface area contributed by atoms with Crippen LogP contribution in [-0.4, -0.2) is 8.07 Å². The predicted molar refractivity (Wildman–Crippen MR) is 77.1 cm³/mol. The molecule has 2 heteroatoms. The second kappa shape index (κ2) is 4.76. The van der Waals surface area contributed by atoms with Crippen molar-refractivity contribution < 1.29 is 4.42 Å². The molecule has 0 aliphatic carbocycles. The highest BCUT2D eigenvalue weighted by molar-refractivity contribution is 6.87. The fourth-order valence-electron chi connectivity index (χ4n) is 1.59. The zero-order chi connectivity index (χ0) is 12.3. The van der Waals surface area contributed by atoms with Gasteiger partial charge in [0, 0.05) is 5.56 Å². The first-order valence-corrected chi connectivity index (χ1v) is 9.38. The van der Waals surface area contributed by atoms with Crippen LogP contribution in [0, 0.1) is 0 Å². The topological polar surface area (TPSA) is 13.1 Å². The average Bonchev–Trinajstić information content (AvgIpc) is 2.76. The third-order valence-electron chi connectivity index (χ3n) is 2.63. The Labute approximate surface area is 104 Å². The van der Waals surface area contributed by atoms with Crippen LogP contribution >= 0.6 is 0 Å². The Balaban J connectivity index is 2.15. The van der Waals surface area contributed by atoms with Crippen molar-refractivity contribution in [3.8, 4) is 0 Å². The van der Waals surface area contributed by atoms with Gasteiger partial charge in [0.1, 0.15) is 8.07 Å². The van der Waals surface area contributed by atoms with Gasteiger partial charge in [-0.3, -0.25) is 0 Å². The monoisotopic (exact) mass is 242 g/mol. The fraction of sp³-hybridized carbons (Fsp3) is 0.200. The minimum atomic E-state index is -1.32. The summed E-state index contributed by atoms with van der Waals surface area (Å²) in [6, 6.07) is 12.5. The van der Waals surface area contributed by atoms with Crippen molar-refractivity contribution in [1.29, 1.82) is 0 Å². The van der Waals surface area contributed by atoms with Gasteiger partial charge >= 0.3 is 0 Å². The van der Waals surface area contributed by atoms with Gasteiger partial charge in [0.05, 0.1) is 11.6 Å². The van der Waals surface area contributed by atoms with Crippen LogP contribution in [0.3, 0.4) is 0 Å². The Morgan fingerprint density at radius 3 is 2.18 bits per heavy atom. The quantitative estimate of drug-likeness (QED) is 0.742. The van der Waals surface area contributed by atoms with Crippen LogP contribution in [0.5, 0.6) is 0 Å². The van der Waals surface area contributed by atoms with Crippen LogP contribution in [0.25, 0.3) is 12.2 Å². The number of furan rings is 1. The second-order valence-corrected chi connectivity index (χ2v) is 10.2. The summed E-state index contributed by atoms with van der Waals surface area (Å²) in [6.45, 7) is 6.86. The molecule has 1 aromatic carbocycles. The smallest absolute Gasteiger partial charge is 0.123 e. The molecule has 1 aromatic heterocycles. The molecule has 88 valence electrons. The molecule has 0 unspecified atom stereocenters. The molecular formula is C15H18OSi. The van der Waals surface area contributed by atoms with Crippen molar-refractivity contribution in [2.45, 2.75) is 19.6 Å². The molecule has 0 saturated carbocycles. The molecule has 0 fully saturated rings. The molecule has 0 radical (unpaired) electrons. The third-order valence-corrected chi connectivity index (χ3v) is 4.37. The van der Waals surface area contributed by atoms with Gasteiger partial charge in [-0.2, -0.15) is 0 Å². The SMILES string of the molecule is C[Si](C)(C)c1cc(/C=C\c2ccccc2)co1. The highest BCUT2D eigenvalue weighted by Gasteiger charge is 2.20. The van der Waals surface area contributed by atoms with Gasteiger partial charge in [0.2, 0.25) is 0 Å². The van der Waals surface area contributed by atoms with E-state index in [0.29, 0.717) is 0 Å². The number of benzene rings is 1. The summed E-state index contributed by atoms with van der Waals surface area (Å²) in [5, 5.41) is 1.16. The fourth-order valence-corrected chi connectivity index (χ4v) is 2.60. The normalized spacial score (nSPS) is 12.2. The minimum absolute atomic E-state index is 1.14. The summed E-state index contributed by atoms with van der Waals surface area (Å²) in [6.07, 6.45) is 6.05. The molecule has 0 N–H and O–H groups in total. The Hall–Kier alpha value is -1.54. The summed E-state index contributed by atoms with van der Waals surface area (Å²) in [4.78, 5) is 0. The minimum Gasteiger partial charge on any atom is -0.474 e. The summed E-state index contributed by atoms with van der Waals surface area (Å²) in [5.74, 6) is 0.